The van der Waals surface area contributed by atoms with Crippen LogP contribution in [0.2, 0.25) is 0 Å². The minimum absolute atomic E-state index is 0.0665. The number of carbonyl (C=O) groups is 2. The third-order valence-electron chi connectivity index (χ3n) is 4.67. The minimum Gasteiger partial charge on any atom is -0.484 e. The molecule has 3 rings (SSSR count). The molecule has 0 saturated heterocycles. The highest BCUT2D eigenvalue weighted by Crippen LogP contribution is 2.39. The fourth-order valence-electron chi connectivity index (χ4n) is 3.26. The number of rotatable bonds is 5. The molecular weight excluding hydrogens is 460 g/mol. The van der Waals surface area contributed by atoms with Crippen molar-refractivity contribution in [2.75, 3.05) is 22.7 Å². The molecule has 0 radical (unpaired) electrons. The van der Waals surface area contributed by atoms with Gasteiger partial charge in [-0.25, -0.2) is 13.2 Å². The molecule has 0 saturated carbocycles. The van der Waals surface area contributed by atoms with E-state index >= 15 is 0 Å². The number of sulfonamides is 1. The molecule has 180 valence electrons. The van der Waals surface area contributed by atoms with Gasteiger partial charge in [-0.2, -0.15) is 5.26 Å². The Bertz CT molecular complexity index is 1250. The van der Waals surface area contributed by atoms with Gasteiger partial charge in [-0.1, -0.05) is 6.07 Å². The Kier molecular flexibility index (Phi) is 7.02. The lowest BCUT2D eigenvalue weighted by molar-refractivity contribution is -0.119. The maximum atomic E-state index is 13.6. The van der Waals surface area contributed by atoms with Gasteiger partial charge in [-0.3, -0.25) is 14.4 Å². The fourth-order valence-corrected chi connectivity index (χ4v) is 4.80. The predicted molar refractivity (Wildman–Crippen MR) is 125 cm³/mol. The highest BCUT2D eigenvalue weighted by molar-refractivity contribution is 7.92. The standard InChI is InChI=1S/C23H26N4O6S/c1-15(28)25-13-18-14-27(34(30,31)19-7-5-6-16(10-19)12-24)20-11-17(8-9-21(20)32-18)26-22(29)33-23(2,3)4/h5-11,18H,13-14H2,1-4H3,(H,25,28)(H,26,29)/t18-/m0/s1. The average molecular weight is 487 g/mol. The largest absolute Gasteiger partial charge is 0.484 e. The number of benzene rings is 2. The van der Waals surface area contributed by atoms with Crippen LogP contribution in [0.4, 0.5) is 16.2 Å². The Morgan fingerprint density at radius 1 is 1.24 bits per heavy atom. The Morgan fingerprint density at radius 3 is 2.62 bits per heavy atom. The van der Waals surface area contributed by atoms with E-state index in [2.05, 4.69) is 10.6 Å². The number of carbonyl (C=O) groups excluding carboxylic acids is 2. The second-order valence-electron chi connectivity index (χ2n) is 8.66. The van der Waals surface area contributed by atoms with Gasteiger partial charge < -0.3 is 14.8 Å². The van der Waals surface area contributed by atoms with Crippen LogP contribution in [-0.4, -0.2) is 45.2 Å². The number of nitrogens with one attached hydrogen (secondary N) is 2. The van der Waals surface area contributed by atoms with Crippen LogP contribution < -0.4 is 19.7 Å². The van der Waals surface area contributed by atoms with Gasteiger partial charge in [0.05, 0.1) is 35.3 Å². The SMILES string of the molecule is CC(=O)NC[C@H]1CN(S(=O)(=O)c2cccc(C#N)c2)c2cc(NC(=O)OC(C)(C)C)ccc2O1. The first-order valence-electron chi connectivity index (χ1n) is 10.5. The van der Waals surface area contributed by atoms with Crippen molar-refractivity contribution in [3.05, 3.63) is 48.0 Å². The molecule has 1 heterocycles. The summed E-state index contributed by atoms with van der Waals surface area (Å²) in [5.41, 5.74) is 0.00186. The summed E-state index contributed by atoms with van der Waals surface area (Å²) in [6, 6.07) is 12.2. The van der Waals surface area contributed by atoms with Crippen LogP contribution in [0.5, 0.6) is 5.75 Å². The monoisotopic (exact) mass is 486 g/mol. The summed E-state index contributed by atoms with van der Waals surface area (Å²) >= 11 is 0. The van der Waals surface area contributed by atoms with E-state index in [1.807, 2.05) is 6.07 Å². The van der Waals surface area contributed by atoms with Gasteiger partial charge in [0.1, 0.15) is 17.5 Å². The smallest absolute Gasteiger partial charge is 0.412 e. The minimum atomic E-state index is -4.11. The van der Waals surface area contributed by atoms with Crippen LogP contribution in [0.15, 0.2) is 47.4 Å². The van der Waals surface area contributed by atoms with Crippen molar-refractivity contribution in [3.8, 4) is 11.8 Å². The third kappa shape index (κ3) is 5.96. The molecule has 0 bridgehead atoms. The summed E-state index contributed by atoms with van der Waals surface area (Å²) in [6.07, 6.45) is -1.35. The Labute approximate surface area is 198 Å². The molecule has 1 atom stereocenters. The molecule has 0 aliphatic carbocycles. The van der Waals surface area contributed by atoms with Crippen LogP contribution in [0.1, 0.15) is 33.3 Å². The molecule has 2 amide bonds. The van der Waals surface area contributed by atoms with Crippen LogP contribution in [0, 0.1) is 11.3 Å². The van der Waals surface area contributed by atoms with Gasteiger partial charge in [0.2, 0.25) is 5.91 Å². The second kappa shape index (κ2) is 9.61. The molecule has 34 heavy (non-hydrogen) atoms. The van der Waals surface area contributed by atoms with E-state index in [1.54, 1.807) is 26.8 Å². The lowest BCUT2D eigenvalue weighted by Gasteiger charge is -2.35. The fraction of sp³-hybridized carbons (Fsp3) is 0.348. The van der Waals surface area contributed by atoms with E-state index in [0.29, 0.717) is 5.69 Å². The molecule has 1 aliphatic rings. The van der Waals surface area contributed by atoms with Gasteiger partial charge in [0.25, 0.3) is 10.0 Å². The predicted octanol–water partition coefficient (Wildman–Crippen LogP) is 3.00. The van der Waals surface area contributed by atoms with Crippen molar-refractivity contribution in [2.45, 2.75) is 44.3 Å². The molecule has 10 nitrogen and oxygen atoms in total. The van der Waals surface area contributed by atoms with E-state index in [0.717, 1.165) is 4.31 Å². The molecular formula is C23H26N4O6S. The number of amides is 2. The molecule has 1 aliphatic heterocycles. The molecule has 0 unspecified atom stereocenters. The van der Waals surface area contributed by atoms with Gasteiger partial charge in [-0.05, 0) is 57.2 Å². The highest BCUT2D eigenvalue weighted by Gasteiger charge is 2.35. The summed E-state index contributed by atoms with van der Waals surface area (Å²) in [5, 5.41) is 14.4. The molecule has 0 spiro atoms. The van der Waals surface area contributed by atoms with Crippen LogP contribution in [0.3, 0.4) is 0 Å². The first-order valence-corrected chi connectivity index (χ1v) is 11.9. The first-order chi connectivity index (χ1) is 15.9. The second-order valence-corrected chi connectivity index (χ2v) is 10.5. The number of hydrogen-bond acceptors (Lipinski definition) is 7. The lowest BCUT2D eigenvalue weighted by atomic mass is 10.2. The Balaban J connectivity index is 2.00. The van der Waals surface area contributed by atoms with E-state index in [1.165, 1.54) is 43.3 Å². The quantitative estimate of drug-likeness (QED) is 0.662. The van der Waals surface area contributed by atoms with Crippen molar-refractivity contribution in [1.82, 2.24) is 5.32 Å². The molecule has 2 N–H and O–H groups in total. The highest BCUT2D eigenvalue weighted by atomic mass is 32.2. The third-order valence-corrected chi connectivity index (χ3v) is 6.44. The molecule has 0 fully saturated rings. The number of nitrogens with zero attached hydrogens (tertiary/aromatic N) is 2. The maximum absolute atomic E-state index is 13.6. The maximum Gasteiger partial charge on any atom is 0.412 e. The number of anilines is 2. The van der Waals surface area contributed by atoms with Crippen molar-refractivity contribution in [2.24, 2.45) is 0 Å². The number of ether oxygens (including phenoxy) is 2. The average Bonchev–Trinajstić information content (AvgIpc) is 2.75. The summed E-state index contributed by atoms with van der Waals surface area (Å²) in [7, 11) is -4.11. The van der Waals surface area contributed by atoms with Crippen molar-refractivity contribution in [1.29, 1.82) is 5.26 Å². The van der Waals surface area contributed by atoms with E-state index in [-0.39, 0.29) is 40.9 Å². The van der Waals surface area contributed by atoms with Crippen LogP contribution in [0.25, 0.3) is 0 Å². The summed E-state index contributed by atoms with van der Waals surface area (Å²) < 4.78 is 39.5. The molecule has 11 heteroatoms. The zero-order chi connectivity index (χ0) is 25.1. The normalized spacial score (nSPS) is 15.4. The Morgan fingerprint density at radius 2 is 1.97 bits per heavy atom. The van der Waals surface area contributed by atoms with Crippen LogP contribution in [-0.2, 0) is 19.6 Å². The van der Waals surface area contributed by atoms with Gasteiger partial charge in [0.15, 0.2) is 0 Å². The van der Waals surface area contributed by atoms with Crippen LogP contribution >= 0.6 is 0 Å². The van der Waals surface area contributed by atoms with Gasteiger partial charge in [0, 0.05) is 12.6 Å². The zero-order valence-corrected chi connectivity index (χ0v) is 20.1. The summed E-state index contributed by atoms with van der Waals surface area (Å²) in [6.45, 7) is 6.54. The van der Waals surface area contributed by atoms with E-state index in [4.69, 9.17) is 9.47 Å². The molecule has 2 aromatic carbocycles. The van der Waals surface area contributed by atoms with Gasteiger partial charge >= 0.3 is 6.09 Å². The van der Waals surface area contributed by atoms with E-state index in [9.17, 15) is 23.3 Å². The van der Waals surface area contributed by atoms with Crippen molar-refractivity contribution >= 4 is 33.4 Å². The molecule has 0 aromatic heterocycles. The van der Waals surface area contributed by atoms with Crippen molar-refractivity contribution in [3.63, 3.8) is 0 Å². The Hall–Kier alpha value is -3.78. The van der Waals surface area contributed by atoms with Gasteiger partial charge in [-0.15, -0.1) is 0 Å². The summed E-state index contributed by atoms with van der Waals surface area (Å²) in [5.74, 6) is -0.0150. The number of nitriles is 1. The molecule has 2 aromatic rings. The zero-order valence-electron chi connectivity index (χ0n) is 19.3. The first kappa shape index (κ1) is 24.9. The lowest BCUT2D eigenvalue weighted by Crippen LogP contribution is -2.48. The van der Waals surface area contributed by atoms with E-state index < -0.39 is 27.8 Å². The van der Waals surface area contributed by atoms with Crippen molar-refractivity contribution < 1.29 is 27.5 Å². The summed E-state index contributed by atoms with van der Waals surface area (Å²) in [4.78, 5) is 23.5. The number of hydrogen-bond donors (Lipinski definition) is 2. The topological polar surface area (TPSA) is 138 Å². The number of fused-ring (bicyclic) bond motifs is 1.